The van der Waals surface area contributed by atoms with Crippen LogP contribution in [0.5, 0.6) is 0 Å². The minimum atomic E-state index is -3.82. The van der Waals surface area contributed by atoms with E-state index in [0.717, 1.165) is 11.1 Å². The summed E-state index contributed by atoms with van der Waals surface area (Å²) in [6, 6.07) is 15.2. The van der Waals surface area contributed by atoms with Gasteiger partial charge in [0, 0.05) is 12.0 Å². The van der Waals surface area contributed by atoms with Crippen molar-refractivity contribution in [3.8, 4) is 0 Å². The van der Waals surface area contributed by atoms with E-state index in [1.807, 2.05) is 51.1 Å². The van der Waals surface area contributed by atoms with Gasteiger partial charge in [0.2, 0.25) is 10.0 Å². The maximum absolute atomic E-state index is 13.6. The summed E-state index contributed by atoms with van der Waals surface area (Å²) in [7, 11) is -7.44. The van der Waals surface area contributed by atoms with Gasteiger partial charge >= 0.3 is 7.60 Å². The zero-order valence-corrected chi connectivity index (χ0v) is 19.0. The van der Waals surface area contributed by atoms with Gasteiger partial charge in [-0.1, -0.05) is 68.0 Å². The van der Waals surface area contributed by atoms with Gasteiger partial charge in [0.1, 0.15) is 0 Å². The van der Waals surface area contributed by atoms with Gasteiger partial charge in [0.25, 0.3) is 0 Å². The molecule has 8 heteroatoms. The maximum Gasteiger partial charge on any atom is 0.359 e. The van der Waals surface area contributed by atoms with Crippen LogP contribution in [0, 0.1) is 12.3 Å². The Balaban J connectivity index is 1.75. The fourth-order valence-corrected chi connectivity index (χ4v) is 7.53. The lowest BCUT2D eigenvalue weighted by atomic mass is 9.97. The smallest absolute Gasteiger partial charge is 0.305 e. The molecule has 2 aromatic rings. The standard InChI is InChI=1S/C22H26NO5PS/c1-17-9-11-19(12-10-17)30(25,26)23-14-13-20(21(23)18-7-5-4-6-8-18)29(24)27-15-22(2,3)16-28-29/h4-13,21H,14-16H2,1-3H3. The largest absolute Gasteiger partial charge is 0.359 e. The molecule has 0 N–H and O–H groups in total. The van der Waals surface area contributed by atoms with E-state index >= 15 is 0 Å². The first kappa shape index (κ1) is 21.5. The Morgan fingerprint density at radius 3 is 2.20 bits per heavy atom. The fraction of sp³-hybridized carbons (Fsp3) is 0.364. The lowest BCUT2D eigenvalue weighted by Crippen LogP contribution is -2.34. The van der Waals surface area contributed by atoms with Gasteiger partial charge in [-0.3, -0.25) is 4.57 Å². The van der Waals surface area contributed by atoms with Crippen molar-refractivity contribution >= 4 is 17.6 Å². The second kappa shape index (κ2) is 7.74. The Kier molecular flexibility index (Phi) is 5.54. The van der Waals surface area contributed by atoms with Crippen molar-refractivity contribution in [3.05, 3.63) is 77.1 Å². The second-order valence-corrected chi connectivity index (χ2v) is 12.5. The van der Waals surface area contributed by atoms with Crippen molar-refractivity contribution in [2.75, 3.05) is 19.8 Å². The van der Waals surface area contributed by atoms with Gasteiger partial charge in [-0.05, 0) is 24.6 Å². The molecule has 30 heavy (non-hydrogen) atoms. The third-order valence-electron chi connectivity index (χ3n) is 5.36. The van der Waals surface area contributed by atoms with Gasteiger partial charge in [-0.25, -0.2) is 8.42 Å². The SMILES string of the molecule is Cc1ccc(S(=O)(=O)N2CC=C(P3(=O)OCC(C)(C)CO3)C2c2ccccc2)cc1. The molecule has 1 atom stereocenters. The molecule has 1 unspecified atom stereocenters. The predicted octanol–water partition coefficient (Wildman–Crippen LogP) is 4.89. The molecule has 1 saturated heterocycles. The molecule has 2 aliphatic heterocycles. The van der Waals surface area contributed by atoms with Crippen molar-refractivity contribution in [1.82, 2.24) is 4.31 Å². The molecule has 160 valence electrons. The van der Waals surface area contributed by atoms with Gasteiger partial charge < -0.3 is 9.05 Å². The summed E-state index contributed by atoms with van der Waals surface area (Å²) in [5.74, 6) is 0. The van der Waals surface area contributed by atoms with Crippen molar-refractivity contribution < 1.29 is 22.0 Å². The second-order valence-electron chi connectivity index (χ2n) is 8.54. The average molecular weight is 447 g/mol. The third kappa shape index (κ3) is 3.93. The maximum atomic E-state index is 13.6. The van der Waals surface area contributed by atoms with Crippen LogP contribution < -0.4 is 0 Å². The summed E-state index contributed by atoms with van der Waals surface area (Å²) < 4.78 is 53.5. The quantitative estimate of drug-likeness (QED) is 0.624. The first-order valence-corrected chi connectivity index (χ1v) is 12.8. The molecule has 2 aliphatic rings. The molecule has 0 radical (unpaired) electrons. The number of aryl methyl sites for hydroxylation is 1. The zero-order valence-electron chi connectivity index (χ0n) is 17.3. The molecule has 0 amide bonds. The first-order valence-electron chi connectivity index (χ1n) is 9.86. The summed E-state index contributed by atoms with van der Waals surface area (Å²) in [6.45, 7) is 6.53. The number of rotatable bonds is 4. The van der Waals surface area contributed by atoms with Gasteiger partial charge in [0.15, 0.2) is 0 Å². The van der Waals surface area contributed by atoms with Crippen molar-refractivity contribution in [2.45, 2.75) is 31.7 Å². The van der Waals surface area contributed by atoms with E-state index in [1.54, 1.807) is 30.3 Å². The number of sulfonamides is 1. The lowest BCUT2D eigenvalue weighted by molar-refractivity contribution is 0.0437. The van der Waals surface area contributed by atoms with E-state index in [-0.39, 0.29) is 30.1 Å². The summed E-state index contributed by atoms with van der Waals surface area (Å²) in [5.41, 5.74) is 1.46. The Bertz CT molecular complexity index is 1100. The van der Waals surface area contributed by atoms with Crippen LogP contribution in [-0.4, -0.2) is 32.5 Å². The lowest BCUT2D eigenvalue weighted by Gasteiger charge is -2.36. The van der Waals surface area contributed by atoms with Crippen LogP contribution in [0.2, 0.25) is 0 Å². The van der Waals surface area contributed by atoms with E-state index in [1.165, 1.54) is 4.31 Å². The minimum Gasteiger partial charge on any atom is -0.305 e. The van der Waals surface area contributed by atoms with E-state index in [0.29, 0.717) is 5.31 Å². The Labute approximate surface area is 178 Å². The molecule has 1 fully saturated rings. The van der Waals surface area contributed by atoms with Crippen molar-refractivity contribution in [1.29, 1.82) is 0 Å². The van der Waals surface area contributed by atoms with E-state index in [9.17, 15) is 13.0 Å². The van der Waals surface area contributed by atoms with Gasteiger partial charge in [0.05, 0.1) is 29.5 Å². The summed E-state index contributed by atoms with van der Waals surface area (Å²) in [4.78, 5) is 0.202. The molecule has 0 aromatic heterocycles. The summed E-state index contributed by atoms with van der Waals surface area (Å²) in [5, 5.41) is 0.389. The highest BCUT2D eigenvalue weighted by Gasteiger charge is 2.49. The highest BCUT2D eigenvalue weighted by molar-refractivity contribution is 7.89. The van der Waals surface area contributed by atoms with Crippen molar-refractivity contribution in [2.24, 2.45) is 5.41 Å². The molecule has 0 spiro atoms. The summed E-state index contributed by atoms with van der Waals surface area (Å²) >= 11 is 0. The molecular weight excluding hydrogens is 421 g/mol. The summed E-state index contributed by atoms with van der Waals surface area (Å²) in [6.07, 6.45) is 1.68. The zero-order chi connectivity index (χ0) is 21.6. The van der Waals surface area contributed by atoms with Gasteiger partial charge in [-0.15, -0.1) is 0 Å². The van der Waals surface area contributed by atoms with E-state index in [2.05, 4.69) is 0 Å². The van der Waals surface area contributed by atoms with Gasteiger partial charge in [-0.2, -0.15) is 4.31 Å². The molecular formula is C22H26NO5PS. The molecule has 0 bridgehead atoms. The van der Waals surface area contributed by atoms with Crippen LogP contribution in [0.15, 0.2) is 70.9 Å². The molecule has 2 heterocycles. The topological polar surface area (TPSA) is 72.9 Å². The first-order chi connectivity index (χ1) is 14.1. The Hall–Kier alpha value is -1.76. The average Bonchev–Trinajstić information content (AvgIpc) is 3.18. The Morgan fingerprint density at radius 2 is 1.60 bits per heavy atom. The molecule has 2 aromatic carbocycles. The van der Waals surface area contributed by atoms with Crippen LogP contribution in [0.4, 0.5) is 0 Å². The normalized spacial score (nSPS) is 23.8. The fourth-order valence-electron chi connectivity index (χ4n) is 3.61. The molecule has 0 aliphatic carbocycles. The van der Waals surface area contributed by atoms with E-state index < -0.39 is 23.7 Å². The highest BCUT2D eigenvalue weighted by atomic mass is 32.2. The molecule has 6 nitrogen and oxygen atoms in total. The molecule has 0 saturated carbocycles. The molecule has 4 rings (SSSR count). The Morgan fingerprint density at radius 1 is 1.00 bits per heavy atom. The number of hydrogen-bond donors (Lipinski definition) is 0. The highest BCUT2D eigenvalue weighted by Crippen LogP contribution is 2.65. The van der Waals surface area contributed by atoms with E-state index in [4.69, 9.17) is 9.05 Å². The monoisotopic (exact) mass is 447 g/mol. The van der Waals surface area contributed by atoms with Crippen LogP contribution in [-0.2, 0) is 23.6 Å². The van der Waals surface area contributed by atoms with Crippen molar-refractivity contribution in [3.63, 3.8) is 0 Å². The van der Waals surface area contributed by atoms with Crippen LogP contribution >= 0.6 is 7.60 Å². The van der Waals surface area contributed by atoms with Crippen LogP contribution in [0.25, 0.3) is 0 Å². The van der Waals surface area contributed by atoms with Crippen LogP contribution in [0.3, 0.4) is 0 Å². The number of hydrogen-bond acceptors (Lipinski definition) is 5. The number of benzene rings is 2. The minimum absolute atomic E-state index is 0.102. The van der Waals surface area contributed by atoms with Crippen LogP contribution in [0.1, 0.15) is 31.0 Å². The third-order valence-corrected chi connectivity index (χ3v) is 9.20. The predicted molar refractivity (Wildman–Crippen MR) is 116 cm³/mol. The number of nitrogens with zero attached hydrogens (tertiary/aromatic N) is 1.